The number of H-pyrrole nitrogens is 2. The van der Waals surface area contributed by atoms with Crippen LogP contribution in [-0.2, 0) is 72.3 Å². The second kappa shape index (κ2) is 39.8. The molecule has 1 unspecified atom stereocenters. The monoisotopic (exact) mass is 1880 g/mol. The van der Waals surface area contributed by atoms with E-state index >= 15 is 0 Å². The molecule has 0 aliphatic carbocycles. The number of halogens is 2. The average molecular weight is 1880 g/mol. The molecule has 128 heavy (non-hydrogen) atoms. The molecule has 11 aromatic rings. The van der Waals surface area contributed by atoms with Gasteiger partial charge in [0, 0.05) is 51.1 Å². The predicted octanol–water partition coefficient (Wildman–Crippen LogP) is 20.9. The first kappa shape index (κ1) is 101. The first-order chi connectivity index (χ1) is 59.3. The zero-order valence-corrected chi connectivity index (χ0v) is 82.6. The number of nitrogens with two attached hydrogens (primary N) is 2. The molecule has 2 saturated heterocycles. The first-order valence-electron chi connectivity index (χ1n) is 43.1. The SMILES string of the molecule is CC.CC1(C)OB(c2ccc3[nH]ccc3c2)OC1(C)C.Cc1cccc(C)c1-n1nc2c(c1-c1ccc3[nH]ccc3c1)CN(C(=O)OC(C)(C)C)C2.Cc1cccc(C)c1-n1nc2c(c1I)CN(C(=O)OC(C)(C)C)C2.Cc1cccc(C)c1-n1nc2c(c1N)CN(C(=O)OC(C)(C)C)C2.Cc1cccc(C)c1NN.Cl.[C-]#[N+]C1CN(C(=O)OC(C)(C)C)C(C)(C)C1=O. The Kier molecular flexibility index (Phi) is 31.3. The maximum absolute atomic E-state index is 12.7. The fourth-order valence-corrected chi connectivity index (χ4v) is 16.2. The normalized spacial score (nSPS) is 15.6. The van der Waals surface area contributed by atoms with E-state index in [1.165, 1.54) is 43.7 Å². The van der Waals surface area contributed by atoms with Gasteiger partial charge in [0.15, 0.2) is 0 Å². The van der Waals surface area contributed by atoms with Crippen molar-refractivity contribution in [3.63, 3.8) is 0 Å². The van der Waals surface area contributed by atoms with Gasteiger partial charge in [0.1, 0.15) is 44.0 Å². The summed E-state index contributed by atoms with van der Waals surface area (Å²) in [4.78, 5) is 77.2. The lowest BCUT2D eigenvalue weighted by Crippen LogP contribution is -2.48. The topological polar surface area (TPSA) is 307 Å². The van der Waals surface area contributed by atoms with E-state index in [0.717, 1.165) is 104 Å². The quantitative estimate of drug-likeness (QED) is 0.0258. The Morgan fingerprint density at radius 3 is 1.27 bits per heavy atom. The first-order valence-corrected chi connectivity index (χ1v) is 44.2. The number of aryl methyl sites for hydroxylation is 8. The Morgan fingerprint density at radius 1 is 0.508 bits per heavy atom. The Balaban J connectivity index is 0.000000177. The third-order valence-corrected chi connectivity index (χ3v) is 23.5. The summed E-state index contributed by atoms with van der Waals surface area (Å²) < 4.78 is 40.7. The second-order valence-corrected chi connectivity index (χ2v) is 39.1. The summed E-state index contributed by atoms with van der Waals surface area (Å²) >= 11 is 2.32. The van der Waals surface area contributed by atoms with Gasteiger partial charge >= 0.3 is 37.5 Å². The fourth-order valence-electron chi connectivity index (χ4n) is 15.4. The Bertz CT molecular complexity index is 5690. The third kappa shape index (κ3) is 23.1. The van der Waals surface area contributed by atoms with E-state index in [9.17, 15) is 24.0 Å². The van der Waals surface area contributed by atoms with Crippen molar-refractivity contribution in [2.24, 2.45) is 5.84 Å². The molecule has 4 amide bonds. The van der Waals surface area contributed by atoms with Crippen LogP contribution >= 0.6 is 35.0 Å². The number of nitrogens with one attached hydrogen (secondary N) is 3. The summed E-state index contributed by atoms with van der Waals surface area (Å²) in [5.41, 5.74) is 30.1. The van der Waals surface area contributed by atoms with Gasteiger partial charge in [0.2, 0.25) is 5.78 Å². The van der Waals surface area contributed by atoms with Crippen LogP contribution in [0.15, 0.2) is 134 Å². The molecule has 1 atom stereocenters. The largest absolute Gasteiger partial charge is 0.494 e. The summed E-state index contributed by atoms with van der Waals surface area (Å²) in [6.45, 7) is 64.2. The van der Waals surface area contributed by atoms with Crippen LogP contribution in [-0.4, -0.2) is 148 Å². The van der Waals surface area contributed by atoms with E-state index in [2.05, 4.69) is 193 Å². The van der Waals surface area contributed by atoms with E-state index in [-0.39, 0.29) is 61.3 Å². The summed E-state index contributed by atoms with van der Waals surface area (Å²) in [5, 5.41) is 16.8. The fraction of sp³-hybridized carbons (Fsp3) is 0.439. The minimum Gasteiger partial charge on any atom is -0.444 e. The van der Waals surface area contributed by atoms with Crippen molar-refractivity contribution in [3.05, 3.63) is 227 Å². The number of hydrogen-bond donors (Lipinski definition) is 5. The van der Waals surface area contributed by atoms with Gasteiger partial charge in [-0.2, -0.15) is 15.3 Å². The molecule has 7 N–H and O–H groups in total. The van der Waals surface area contributed by atoms with E-state index in [1.54, 1.807) is 54.0 Å². The number of anilines is 2. The van der Waals surface area contributed by atoms with Crippen LogP contribution < -0.4 is 22.5 Å². The number of ketones is 1. The van der Waals surface area contributed by atoms with Gasteiger partial charge in [-0.3, -0.25) is 30.2 Å². The molecule has 2 fully saturated rings. The summed E-state index contributed by atoms with van der Waals surface area (Å²) in [7, 11) is -0.283. The number of rotatable bonds is 6. The van der Waals surface area contributed by atoms with Gasteiger partial charge in [-0.15, -0.1) is 12.4 Å². The highest BCUT2D eigenvalue weighted by Crippen LogP contribution is 2.41. The molecule has 27 nitrogen and oxygen atoms in total. The molecule has 10 heterocycles. The molecular formula is C98H129BClIN16O11. The Labute approximate surface area is 774 Å². The number of carbonyl (C=O) groups is 5. The number of nitrogen functional groups attached to an aromatic ring is 2. The van der Waals surface area contributed by atoms with Gasteiger partial charge in [-0.25, -0.2) is 39.8 Å². The van der Waals surface area contributed by atoms with Gasteiger partial charge in [-0.1, -0.05) is 105 Å². The van der Waals surface area contributed by atoms with Gasteiger partial charge < -0.3 is 54.2 Å². The van der Waals surface area contributed by atoms with E-state index in [4.69, 9.17) is 56.6 Å². The van der Waals surface area contributed by atoms with Crippen molar-refractivity contribution in [2.45, 2.75) is 278 Å². The highest BCUT2D eigenvalue weighted by molar-refractivity contribution is 14.1. The van der Waals surface area contributed by atoms with Crippen LogP contribution in [0.1, 0.15) is 217 Å². The average Bonchev–Trinajstić information content (AvgIpc) is 1.56. The predicted molar refractivity (Wildman–Crippen MR) is 519 cm³/mol. The molecule has 0 spiro atoms. The maximum Gasteiger partial charge on any atom is 0.494 e. The molecule has 5 aliphatic heterocycles. The zero-order chi connectivity index (χ0) is 93.9. The number of hydrogen-bond acceptors (Lipinski definition) is 17. The Hall–Kier alpha value is -11.2. The van der Waals surface area contributed by atoms with Crippen LogP contribution in [0.4, 0.5) is 30.7 Å². The number of carbonyl (C=O) groups excluding carboxylic acids is 5. The van der Waals surface area contributed by atoms with E-state index in [1.807, 2.05) is 157 Å². The minimum absolute atomic E-state index is 0. The molecular weight excluding hydrogens is 1750 g/mol. The van der Waals surface area contributed by atoms with Crippen molar-refractivity contribution in [2.75, 3.05) is 17.7 Å². The lowest BCUT2D eigenvalue weighted by Gasteiger charge is -2.32. The lowest BCUT2D eigenvalue weighted by molar-refractivity contribution is -0.123. The zero-order valence-electron chi connectivity index (χ0n) is 79.7. The summed E-state index contributed by atoms with van der Waals surface area (Å²) in [6.07, 6.45) is 2.43. The van der Waals surface area contributed by atoms with Crippen molar-refractivity contribution < 1.29 is 52.2 Å². The van der Waals surface area contributed by atoms with Crippen LogP contribution in [0, 0.1) is 65.7 Å². The smallest absolute Gasteiger partial charge is 0.444 e. The molecule has 0 radical (unpaired) electrons. The summed E-state index contributed by atoms with van der Waals surface area (Å²) in [5.74, 6) is 5.67. The Morgan fingerprint density at radius 2 is 0.867 bits per heavy atom. The van der Waals surface area contributed by atoms with Gasteiger partial charge in [-0.05, 0) is 288 Å². The van der Waals surface area contributed by atoms with E-state index < -0.39 is 40.1 Å². The van der Waals surface area contributed by atoms with Crippen LogP contribution in [0.3, 0.4) is 0 Å². The number of fused-ring (bicyclic) bond motifs is 5. The number of benzene rings is 6. The van der Waals surface area contributed by atoms with Crippen molar-refractivity contribution in [1.29, 1.82) is 0 Å². The number of aromatic amines is 2. The molecule has 0 saturated carbocycles. The molecule has 5 aliphatic rings. The van der Waals surface area contributed by atoms with Crippen LogP contribution in [0.5, 0.6) is 0 Å². The number of aromatic nitrogens is 8. The molecule has 0 bridgehead atoms. The summed E-state index contributed by atoms with van der Waals surface area (Å²) in [6, 6.07) is 40.7. The number of para-hydroxylation sites is 4. The number of likely N-dealkylation sites (tertiary alicyclic amines) is 1. The number of hydrazine groups is 1. The van der Waals surface area contributed by atoms with Gasteiger partial charge in [0.05, 0.1) is 96.0 Å². The third-order valence-electron chi connectivity index (χ3n) is 22.4. The number of ether oxygens (including phenoxy) is 4. The van der Waals surface area contributed by atoms with E-state index in [0.29, 0.717) is 45.1 Å². The molecule has 684 valence electrons. The highest BCUT2D eigenvalue weighted by atomic mass is 127. The molecule has 5 aromatic heterocycles. The lowest BCUT2D eigenvalue weighted by atomic mass is 9.79. The number of nitrogens with zero attached hydrogens (tertiary/aromatic N) is 11. The molecule has 16 rings (SSSR count). The minimum atomic E-state index is -0.961. The molecule has 6 aromatic carbocycles. The standard InChI is InChI=1S/C26H28N4O2.C18H22IN3O2.C18H24N4O2.C14H18BNO2.C12H18N2O3.C8H12N2.C2H6.ClH/c1-16-7-6-8-17(2)23(16)30-24(19-9-10-21-18(13-19)11-12-27-21)20-14-29(15-22(20)28-30)25(31)32-26(3,4)5;2*1-11-7-6-8-12(2)15(11)22-16(19)13-9-21(10-14(13)20-22)17(23)24-18(3,4)5;1-13(2)14(3,4)18-15(17-13)11-5-6-12-10(9-11)7-8-16-12;1-11(2,3)17-10(16)14-7-8(13-6)9(15)12(14,4)5;1-6-4-3-5-7(2)8(6)10-9;1-2;/h6-13,27H,14-15H2,1-5H3;6-8H,9-10H2,1-5H3;6-8H,9-10,19H2,1-5H3;5-9,16H,1-4H3;8H,7H2,1-5H3;3-5,10H,9H2,1-2H3;1-2H3;1H. The second-order valence-electron chi connectivity index (χ2n) is 38.0. The van der Waals surface area contributed by atoms with Crippen molar-refractivity contribution in [3.8, 4) is 28.3 Å². The van der Waals surface area contributed by atoms with Crippen LogP contribution in [0.25, 0.3) is 55.0 Å². The number of amides is 4. The highest BCUT2D eigenvalue weighted by Gasteiger charge is 2.55. The van der Waals surface area contributed by atoms with Crippen LogP contribution in [0.2, 0.25) is 0 Å². The van der Waals surface area contributed by atoms with Gasteiger partial charge in [0.25, 0.3) is 0 Å². The van der Waals surface area contributed by atoms with Crippen molar-refractivity contribution in [1.82, 2.24) is 58.9 Å². The molecule has 30 heteroatoms. The number of Topliss-reactive ketones (excluding diaryl/α,β-unsaturated/α-hetero) is 1. The van der Waals surface area contributed by atoms with Crippen molar-refractivity contribution >= 4 is 111 Å². The maximum atomic E-state index is 12.7.